The molecule has 0 saturated heterocycles. The van der Waals surface area contributed by atoms with Gasteiger partial charge in [-0.05, 0) is 48.5 Å². The summed E-state index contributed by atoms with van der Waals surface area (Å²) in [5.41, 5.74) is -5.38. The lowest BCUT2D eigenvalue weighted by atomic mass is 9.68. The SMILES string of the molecule is CC(=O)OCC(C)(C)C(O)C(Oc1ccc(Cl)cc1)(C(OC(C)=O)C(C)(C)C(O)C(O)(Oc1ccc(Cl)cc1)n1cncn1)n1ccnc1. The van der Waals surface area contributed by atoms with Crippen molar-refractivity contribution < 1.29 is 43.9 Å². The van der Waals surface area contributed by atoms with Crippen LogP contribution in [0.15, 0.2) is 79.9 Å². The van der Waals surface area contributed by atoms with E-state index in [2.05, 4.69) is 15.1 Å². The van der Waals surface area contributed by atoms with Crippen molar-refractivity contribution in [2.45, 2.75) is 71.5 Å². The van der Waals surface area contributed by atoms with Gasteiger partial charge < -0.3 is 34.3 Å². The number of carbonyl (C=O) groups is 2. The molecule has 5 unspecified atom stereocenters. The van der Waals surface area contributed by atoms with Crippen molar-refractivity contribution in [3.8, 4) is 11.5 Å². The average molecular weight is 721 g/mol. The molecule has 0 bridgehead atoms. The highest BCUT2D eigenvalue weighted by atomic mass is 35.5. The quantitative estimate of drug-likeness (QED) is 0.118. The number of carbonyl (C=O) groups excluding carboxylic acids is 2. The highest BCUT2D eigenvalue weighted by Crippen LogP contribution is 2.49. The molecule has 0 fully saturated rings. The number of hydrogen-bond acceptors (Lipinski definition) is 12. The van der Waals surface area contributed by atoms with Crippen LogP contribution in [0.2, 0.25) is 10.0 Å². The number of halogens is 2. The first-order valence-corrected chi connectivity index (χ1v) is 15.8. The van der Waals surface area contributed by atoms with E-state index in [-0.39, 0.29) is 18.1 Å². The van der Waals surface area contributed by atoms with E-state index in [9.17, 15) is 24.9 Å². The van der Waals surface area contributed by atoms with Gasteiger partial charge in [0.15, 0.2) is 12.2 Å². The summed E-state index contributed by atoms with van der Waals surface area (Å²) in [6.45, 7) is 8.23. The van der Waals surface area contributed by atoms with Gasteiger partial charge in [0.2, 0.25) is 0 Å². The van der Waals surface area contributed by atoms with Gasteiger partial charge in [0.25, 0.3) is 5.72 Å². The minimum atomic E-state index is -2.72. The van der Waals surface area contributed by atoms with Crippen molar-refractivity contribution in [2.75, 3.05) is 6.61 Å². The van der Waals surface area contributed by atoms with E-state index in [1.165, 1.54) is 80.5 Å². The van der Waals surface area contributed by atoms with E-state index in [4.69, 9.17) is 42.1 Å². The summed E-state index contributed by atoms with van der Waals surface area (Å²) in [6.07, 6.45) is 1.00. The molecule has 49 heavy (non-hydrogen) atoms. The van der Waals surface area contributed by atoms with E-state index >= 15 is 0 Å². The van der Waals surface area contributed by atoms with Crippen LogP contribution in [0, 0.1) is 10.8 Å². The molecule has 0 radical (unpaired) electrons. The van der Waals surface area contributed by atoms with Crippen LogP contribution < -0.4 is 9.47 Å². The number of aliphatic hydroxyl groups is 3. The van der Waals surface area contributed by atoms with Crippen molar-refractivity contribution in [3.05, 3.63) is 90.0 Å². The smallest absolute Gasteiger partial charge is 0.340 e. The minimum absolute atomic E-state index is 0.0853. The van der Waals surface area contributed by atoms with E-state index in [1.807, 2.05) is 0 Å². The third-order valence-electron chi connectivity index (χ3n) is 8.01. The van der Waals surface area contributed by atoms with Gasteiger partial charge in [0.1, 0.15) is 30.3 Å². The van der Waals surface area contributed by atoms with E-state index in [0.29, 0.717) is 10.0 Å². The molecule has 2 aromatic heterocycles. The molecule has 0 amide bonds. The number of ether oxygens (including phenoxy) is 4. The summed E-state index contributed by atoms with van der Waals surface area (Å²) in [7, 11) is 0. The average Bonchev–Trinajstić information content (AvgIpc) is 3.79. The molecule has 4 aromatic rings. The molecule has 0 aliphatic rings. The van der Waals surface area contributed by atoms with Crippen LogP contribution in [0.5, 0.6) is 11.5 Å². The summed E-state index contributed by atoms with van der Waals surface area (Å²) < 4.78 is 26.4. The minimum Gasteiger partial charge on any atom is -0.465 e. The van der Waals surface area contributed by atoms with Crippen LogP contribution in [0.3, 0.4) is 0 Å². The summed E-state index contributed by atoms with van der Waals surface area (Å²) >= 11 is 12.2. The van der Waals surface area contributed by atoms with Gasteiger partial charge >= 0.3 is 17.8 Å². The highest BCUT2D eigenvalue weighted by molar-refractivity contribution is 6.30. The number of imidazole rings is 1. The second kappa shape index (κ2) is 14.7. The van der Waals surface area contributed by atoms with Gasteiger partial charge in [-0.25, -0.2) is 9.97 Å². The number of esters is 2. The zero-order valence-electron chi connectivity index (χ0n) is 27.7. The van der Waals surface area contributed by atoms with Crippen LogP contribution in [0.1, 0.15) is 41.5 Å². The molecule has 0 aliphatic carbocycles. The Labute approximate surface area is 293 Å². The predicted molar refractivity (Wildman–Crippen MR) is 176 cm³/mol. The third-order valence-corrected chi connectivity index (χ3v) is 8.51. The fourth-order valence-corrected chi connectivity index (χ4v) is 5.76. The molecule has 0 saturated carbocycles. The van der Waals surface area contributed by atoms with Crippen molar-refractivity contribution in [1.29, 1.82) is 0 Å². The van der Waals surface area contributed by atoms with Crippen LogP contribution in [-0.2, 0) is 30.7 Å². The van der Waals surface area contributed by atoms with Gasteiger partial charge in [-0.2, -0.15) is 9.78 Å². The monoisotopic (exact) mass is 719 g/mol. The standard InChI is InChI=1S/C33H39Cl2N5O9/c1-21(41)46-17-30(3,4)27(43)32(39-16-15-36-19-39,48-25-11-7-23(34)8-12-25)29(47-22(2)42)31(5,6)28(44)33(45,40-20-37-18-38-40)49-26-13-9-24(35)10-14-26/h7-16,18-20,27-29,43-45H,17H2,1-6H3. The summed E-state index contributed by atoms with van der Waals surface area (Å²) in [4.78, 5) is 33.0. The number of nitrogens with zero attached hydrogens (tertiary/aromatic N) is 5. The van der Waals surface area contributed by atoms with Crippen LogP contribution in [0.25, 0.3) is 0 Å². The largest absolute Gasteiger partial charge is 0.465 e. The van der Waals surface area contributed by atoms with Gasteiger partial charge in [0.05, 0.1) is 12.9 Å². The molecule has 0 aliphatic heterocycles. The van der Waals surface area contributed by atoms with Crippen molar-refractivity contribution in [1.82, 2.24) is 24.3 Å². The maximum Gasteiger partial charge on any atom is 0.340 e. The number of aliphatic hydroxyl groups excluding tert-OH is 2. The third kappa shape index (κ3) is 8.00. The fraction of sp³-hybridized carbons (Fsp3) is 0.424. The number of aromatic nitrogens is 5. The second-order valence-electron chi connectivity index (χ2n) is 12.7. The molecular weight excluding hydrogens is 681 g/mol. The Morgan fingerprint density at radius 1 is 0.837 bits per heavy atom. The zero-order valence-corrected chi connectivity index (χ0v) is 29.2. The molecule has 0 spiro atoms. The normalized spacial score (nSPS) is 16.4. The molecule has 264 valence electrons. The van der Waals surface area contributed by atoms with Gasteiger partial charge in [-0.15, -0.1) is 0 Å². The van der Waals surface area contributed by atoms with Crippen molar-refractivity contribution in [2.24, 2.45) is 10.8 Å². The van der Waals surface area contributed by atoms with E-state index < -0.39 is 52.7 Å². The fourth-order valence-electron chi connectivity index (χ4n) is 5.51. The lowest BCUT2D eigenvalue weighted by Gasteiger charge is -2.54. The summed E-state index contributed by atoms with van der Waals surface area (Å²) in [5.74, 6) is -3.90. The number of hydrogen-bond donors (Lipinski definition) is 3. The maximum absolute atomic E-state index is 13.0. The van der Waals surface area contributed by atoms with Crippen LogP contribution in [-0.4, -0.2) is 76.5 Å². The van der Waals surface area contributed by atoms with Crippen molar-refractivity contribution >= 4 is 35.1 Å². The molecule has 5 atom stereocenters. The Morgan fingerprint density at radius 3 is 1.88 bits per heavy atom. The van der Waals surface area contributed by atoms with Gasteiger partial charge in [-0.3, -0.25) is 14.2 Å². The molecular formula is C33H39Cl2N5O9. The first-order chi connectivity index (χ1) is 22.9. The van der Waals surface area contributed by atoms with Crippen LogP contribution in [0.4, 0.5) is 0 Å². The Bertz CT molecular complexity index is 1690. The summed E-state index contributed by atoms with van der Waals surface area (Å²) in [6, 6.07) is 12.1. The summed E-state index contributed by atoms with van der Waals surface area (Å²) in [5, 5.41) is 42.0. The Kier molecular flexibility index (Phi) is 11.3. The predicted octanol–water partition coefficient (Wildman–Crippen LogP) is 4.16. The molecule has 4 rings (SSSR count). The number of rotatable bonds is 15. The molecule has 2 heterocycles. The molecule has 14 nitrogen and oxygen atoms in total. The first-order valence-electron chi connectivity index (χ1n) is 15.0. The lowest BCUT2D eigenvalue weighted by molar-refractivity contribution is -0.325. The lowest BCUT2D eigenvalue weighted by Crippen LogP contribution is -2.70. The molecule has 2 aromatic carbocycles. The molecule has 3 N–H and O–H groups in total. The van der Waals surface area contributed by atoms with Gasteiger partial charge in [0, 0.05) is 47.1 Å². The maximum atomic E-state index is 13.0. The van der Waals surface area contributed by atoms with E-state index in [1.54, 1.807) is 26.0 Å². The van der Waals surface area contributed by atoms with Crippen molar-refractivity contribution in [3.63, 3.8) is 0 Å². The Morgan fingerprint density at radius 2 is 1.41 bits per heavy atom. The zero-order chi connectivity index (χ0) is 36.2. The Balaban J connectivity index is 2.00. The highest BCUT2D eigenvalue weighted by Gasteiger charge is 2.66. The van der Waals surface area contributed by atoms with Crippen LogP contribution >= 0.6 is 23.2 Å². The number of benzene rings is 2. The van der Waals surface area contributed by atoms with E-state index in [0.717, 1.165) is 24.3 Å². The van der Waals surface area contributed by atoms with Gasteiger partial charge in [-0.1, -0.05) is 50.9 Å². The molecule has 16 heteroatoms. The second-order valence-corrected chi connectivity index (χ2v) is 13.6. The Hall–Kier alpha value is -4.21. The topological polar surface area (TPSA) is 180 Å². The first kappa shape index (κ1) is 37.6.